The molecule has 1 N–H and O–H groups in total. The highest BCUT2D eigenvalue weighted by Gasteiger charge is 2.26. The van der Waals surface area contributed by atoms with Gasteiger partial charge in [0, 0.05) is 25.7 Å². The van der Waals surface area contributed by atoms with Gasteiger partial charge in [0.05, 0.1) is 0 Å². The maximum Gasteiger partial charge on any atom is 0.254 e. The lowest BCUT2D eigenvalue weighted by atomic mass is 9.85. The van der Waals surface area contributed by atoms with E-state index in [1.165, 1.54) is 7.05 Å². The highest BCUT2D eigenvalue weighted by atomic mass is 19.1. The average molecular weight is 296 g/mol. The third-order valence-electron chi connectivity index (χ3n) is 4.17. The van der Waals surface area contributed by atoms with Gasteiger partial charge in [-0.2, -0.15) is 0 Å². The second-order valence-electron chi connectivity index (χ2n) is 6.37. The van der Waals surface area contributed by atoms with Gasteiger partial charge >= 0.3 is 0 Å². The topological polar surface area (TPSA) is 32.3 Å². The molecule has 1 aromatic carbocycles. The number of benzene rings is 1. The molecule has 0 aromatic heterocycles. The molecule has 0 bridgehead atoms. The van der Waals surface area contributed by atoms with Crippen molar-refractivity contribution in [2.45, 2.75) is 33.1 Å². The minimum Gasteiger partial charge on any atom is -0.383 e. The summed E-state index contributed by atoms with van der Waals surface area (Å²) in [7, 11) is 1.44. The maximum atomic E-state index is 13.8. The zero-order chi connectivity index (χ0) is 15.6. The van der Waals surface area contributed by atoms with E-state index in [1.54, 1.807) is 4.90 Å². The molecule has 0 saturated carbocycles. The molecule has 1 aromatic rings. The fourth-order valence-electron chi connectivity index (χ4n) is 2.74. The molecular weight excluding hydrogens is 274 g/mol. The van der Waals surface area contributed by atoms with Crippen molar-refractivity contribution in [3.63, 3.8) is 0 Å². The molecule has 5 heteroatoms. The van der Waals surface area contributed by atoms with E-state index in [0.29, 0.717) is 13.1 Å². The first-order chi connectivity index (χ1) is 9.84. The number of nitrogens with zero attached hydrogens (tertiary/aromatic N) is 1. The van der Waals surface area contributed by atoms with Gasteiger partial charge in [-0.1, -0.05) is 13.8 Å². The molecule has 0 radical (unpaired) electrons. The number of amides is 1. The average Bonchev–Trinajstić information content (AvgIpc) is 2.58. The minimum atomic E-state index is -0.740. The smallest absolute Gasteiger partial charge is 0.254 e. The van der Waals surface area contributed by atoms with Gasteiger partial charge in [-0.25, -0.2) is 8.78 Å². The molecule has 1 amide bonds. The monoisotopic (exact) mass is 296 g/mol. The summed E-state index contributed by atoms with van der Waals surface area (Å²) < 4.78 is 27.5. The molecule has 2 rings (SSSR count). The second-order valence-corrected chi connectivity index (χ2v) is 6.37. The van der Waals surface area contributed by atoms with Crippen molar-refractivity contribution < 1.29 is 13.6 Å². The van der Waals surface area contributed by atoms with E-state index in [4.69, 9.17) is 0 Å². The third-order valence-corrected chi connectivity index (χ3v) is 4.17. The summed E-state index contributed by atoms with van der Waals surface area (Å²) in [5, 5.41) is 2.46. The van der Waals surface area contributed by atoms with Crippen LogP contribution in [0.4, 0.5) is 14.5 Å². The van der Waals surface area contributed by atoms with Crippen LogP contribution in [-0.4, -0.2) is 30.9 Å². The number of likely N-dealkylation sites (tertiary alicyclic amines) is 1. The Hall–Kier alpha value is -1.65. The highest BCUT2D eigenvalue weighted by Crippen LogP contribution is 2.30. The number of anilines is 1. The molecule has 0 aliphatic carbocycles. The van der Waals surface area contributed by atoms with E-state index in [-0.39, 0.29) is 22.6 Å². The first-order valence-corrected chi connectivity index (χ1v) is 7.30. The van der Waals surface area contributed by atoms with Crippen molar-refractivity contribution >= 4 is 11.6 Å². The maximum absolute atomic E-state index is 13.8. The zero-order valence-corrected chi connectivity index (χ0v) is 12.8. The van der Waals surface area contributed by atoms with Gasteiger partial charge in [0.15, 0.2) is 0 Å². The Morgan fingerprint density at radius 3 is 2.38 bits per heavy atom. The summed E-state index contributed by atoms with van der Waals surface area (Å²) in [6, 6.07) is 2.21. The summed E-state index contributed by atoms with van der Waals surface area (Å²) in [5.41, 5.74) is 0.0777. The van der Waals surface area contributed by atoms with Crippen molar-refractivity contribution in [2.24, 2.45) is 5.41 Å². The SMILES string of the molecule is CNc1c(F)cc(C(=O)N2CCCC(C)(C)CC2)cc1F. The Labute approximate surface area is 124 Å². The molecule has 1 fully saturated rings. The van der Waals surface area contributed by atoms with Crippen LogP contribution in [0.25, 0.3) is 0 Å². The van der Waals surface area contributed by atoms with Gasteiger partial charge in [0.1, 0.15) is 17.3 Å². The fourth-order valence-corrected chi connectivity index (χ4v) is 2.74. The summed E-state index contributed by atoms with van der Waals surface area (Å²) in [5.74, 6) is -1.78. The van der Waals surface area contributed by atoms with Gasteiger partial charge in [0.25, 0.3) is 5.91 Å². The van der Waals surface area contributed by atoms with Crippen LogP contribution in [0.15, 0.2) is 12.1 Å². The van der Waals surface area contributed by atoms with E-state index >= 15 is 0 Å². The fraction of sp³-hybridized carbons (Fsp3) is 0.562. The highest BCUT2D eigenvalue weighted by molar-refractivity contribution is 5.94. The summed E-state index contributed by atoms with van der Waals surface area (Å²) in [4.78, 5) is 14.1. The molecule has 1 aliphatic heterocycles. The molecule has 0 unspecified atom stereocenters. The van der Waals surface area contributed by atoms with Gasteiger partial charge < -0.3 is 10.2 Å². The Morgan fingerprint density at radius 1 is 1.19 bits per heavy atom. The van der Waals surface area contributed by atoms with Crippen LogP contribution in [0, 0.1) is 17.0 Å². The van der Waals surface area contributed by atoms with Crippen LogP contribution in [0.2, 0.25) is 0 Å². The van der Waals surface area contributed by atoms with Gasteiger partial charge in [0.2, 0.25) is 0 Å². The minimum absolute atomic E-state index is 0.0729. The van der Waals surface area contributed by atoms with E-state index in [1.807, 2.05) is 0 Å². The largest absolute Gasteiger partial charge is 0.383 e. The summed E-state index contributed by atoms with van der Waals surface area (Å²) >= 11 is 0. The van der Waals surface area contributed by atoms with Crippen LogP contribution in [0.1, 0.15) is 43.5 Å². The van der Waals surface area contributed by atoms with Crippen molar-refractivity contribution in [1.82, 2.24) is 4.90 Å². The van der Waals surface area contributed by atoms with Gasteiger partial charge in [-0.05, 0) is 36.8 Å². The Kier molecular flexibility index (Phi) is 4.49. The lowest BCUT2D eigenvalue weighted by molar-refractivity contribution is 0.0756. The Bertz CT molecular complexity index is 520. The standard InChI is InChI=1S/C16H22F2N2O/c1-16(2)5-4-7-20(8-6-16)15(21)11-9-12(17)14(19-3)13(18)10-11/h9-10,19H,4-8H2,1-3H3. The van der Waals surface area contributed by atoms with Crippen LogP contribution in [0.3, 0.4) is 0 Å². The second kappa shape index (κ2) is 6.00. The summed E-state index contributed by atoms with van der Waals surface area (Å²) in [6.07, 6.45) is 2.87. The van der Waals surface area contributed by atoms with Crippen molar-refractivity contribution in [2.75, 3.05) is 25.5 Å². The first-order valence-electron chi connectivity index (χ1n) is 7.30. The van der Waals surface area contributed by atoms with E-state index in [9.17, 15) is 13.6 Å². The molecule has 1 saturated heterocycles. The predicted molar refractivity (Wildman–Crippen MR) is 79.4 cm³/mol. The normalized spacial score (nSPS) is 18.2. The molecule has 21 heavy (non-hydrogen) atoms. The van der Waals surface area contributed by atoms with Crippen LogP contribution < -0.4 is 5.32 Å². The Balaban J connectivity index is 2.20. The first kappa shape index (κ1) is 15.7. The van der Waals surface area contributed by atoms with Crippen molar-refractivity contribution in [3.05, 3.63) is 29.3 Å². The summed E-state index contributed by atoms with van der Waals surface area (Å²) in [6.45, 7) is 5.63. The number of rotatable bonds is 2. The quantitative estimate of drug-likeness (QED) is 0.903. The number of halogens is 2. The number of hydrogen-bond donors (Lipinski definition) is 1. The van der Waals surface area contributed by atoms with Crippen LogP contribution in [-0.2, 0) is 0 Å². The van der Waals surface area contributed by atoms with Crippen LogP contribution >= 0.6 is 0 Å². The Morgan fingerprint density at radius 2 is 1.81 bits per heavy atom. The third kappa shape index (κ3) is 3.52. The number of hydrogen-bond acceptors (Lipinski definition) is 2. The molecule has 0 spiro atoms. The lowest BCUT2D eigenvalue weighted by Crippen LogP contribution is -2.32. The zero-order valence-electron chi connectivity index (χ0n) is 12.8. The molecule has 116 valence electrons. The number of carbonyl (C=O) groups is 1. The number of carbonyl (C=O) groups excluding carboxylic acids is 1. The molecule has 1 aliphatic rings. The van der Waals surface area contributed by atoms with Gasteiger partial charge in [-0.15, -0.1) is 0 Å². The number of nitrogens with one attached hydrogen (secondary N) is 1. The molecular formula is C16H22F2N2O. The molecule has 0 atom stereocenters. The molecule has 1 heterocycles. The van der Waals surface area contributed by atoms with Crippen molar-refractivity contribution in [3.8, 4) is 0 Å². The van der Waals surface area contributed by atoms with Gasteiger partial charge in [-0.3, -0.25) is 4.79 Å². The van der Waals surface area contributed by atoms with Crippen molar-refractivity contribution in [1.29, 1.82) is 0 Å². The van der Waals surface area contributed by atoms with E-state index < -0.39 is 11.6 Å². The molecule has 3 nitrogen and oxygen atoms in total. The van der Waals surface area contributed by atoms with E-state index in [0.717, 1.165) is 31.4 Å². The predicted octanol–water partition coefficient (Wildman–Crippen LogP) is 3.66. The van der Waals surface area contributed by atoms with Crippen LogP contribution in [0.5, 0.6) is 0 Å². The lowest BCUT2D eigenvalue weighted by Gasteiger charge is -2.23. The van der Waals surface area contributed by atoms with E-state index in [2.05, 4.69) is 19.2 Å².